The molecule has 6 heteroatoms. The smallest absolute Gasteiger partial charge is 0.324 e. The van der Waals surface area contributed by atoms with Gasteiger partial charge >= 0.3 is 6.03 Å². The van der Waals surface area contributed by atoms with Crippen LogP contribution in [-0.4, -0.2) is 11.2 Å². The third-order valence-electron chi connectivity index (χ3n) is 2.98. The molecule has 23 heavy (non-hydrogen) atoms. The third-order valence-corrected chi connectivity index (χ3v) is 4.06. The van der Waals surface area contributed by atoms with Crippen LogP contribution in [0.4, 0.5) is 16.3 Å². The van der Waals surface area contributed by atoms with Crippen LogP contribution in [-0.2, 0) is 0 Å². The number of carbonyl (C=O) groups excluding carboxylic acids is 1. The zero-order valence-electron chi connectivity index (χ0n) is 12.4. The van der Waals surface area contributed by atoms with Crippen LogP contribution in [0.15, 0.2) is 75.0 Å². The third kappa shape index (κ3) is 4.14. The van der Waals surface area contributed by atoms with E-state index in [0.29, 0.717) is 11.6 Å². The molecule has 2 amide bonds. The Bertz CT molecular complexity index is 802. The van der Waals surface area contributed by atoms with Crippen molar-refractivity contribution in [1.82, 2.24) is 5.16 Å². The van der Waals surface area contributed by atoms with Crippen LogP contribution in [0.25, 0.3) is 0 Å². The number of aryl methyl sites for hydroxylation is 1. The van der Waals surface area contributed by atoms with E-state index in [1.165, 1.54) is 0 Å². The number of benzene rings is 2. The predicted molar refractivity (Wildman–Crippen MR) is 90.9 cm³/mol. The molecule has 1 heterocycles. The van der Waals surface area contributed by atoms with Crippen LogP contribution in [0.1, 0.15) is 5.76 Å². The number of para-hydroxylation sites is 1. The molecular weight excluding hydrogens is 310 g/mol. The van der Waals surface area contributed by atoms with Crippen molar-refractivity contribution in [2.45, 2.75) is 16.7 Å². The van der Waals surface area contributed by atoms with Gasteiger partial charge in [0.05, 0.1) is 5.69 Å². The Kier molecular flexibility index (Phi) is 4.63. The molecule has 2 aromatic carbocycles. The van der Waals surface area contributed by atoms with E-state index in [1.807, 2.05) is 54.6 Å². The quantitative estimate of drug-likeness (QED) is 0.724. The largest absolute Gasteiger partial charge is 0.360 e. The van der Waals surface area contributed by atoms with E-state index >= 15 is 0 Å². The Balaban J connectivity index is 1.71. The topological polar surface area (TPSA) is 67.2 Å². The maximum atomic E-state index is 12.1. The fourth-order valence-corrected chi connectivity index (χ4v) is 2.89. The molecule has 1 aromatic heterocycles. The second kappa shape index (κ2) is 7.02. The molecule has 3 rings (SSSR count). The Hall–Kier alpha value is -2.73. The molecule has 0 unspecified atom stereocenters. The highest BCUT2D eigenvalue weighted by Crippen LogP contribution is 2.33. The first-order valence-corrected chi connectivity index (χ1v) is 7.85. The highest BCUT2D eigenvalue weighted by molar-refractivity contribution is 7.99. The second-order valence-electron chi connectivity index (χ2n) is 4.81. The number of aromatic nitrogens is 1. The molecule has 0 aliphatic carbocycles. The second-order valence-corrected chi connectivity index (χ2v) is 5.93. The summed E-state index contributed by atoms with van der Waals surface area (Å²) < 4.78 is 4.92. The average Bonchev–Trinajstić information content (AvgIpc) is 2.95. The van der Waals surface area contributed by atoms with E-state index < -0.39 is 0 Å². The Morgan fingerprint density at radius 2 is 1.78 bits per heavy atom. The summed E-state index contributed by atoms with van der Waals surface area (Å²) in [6.45, 7) is 1.77. The van der Waals surface area contributed by atoms with Gasteiger partial charge in [-0.05, 0) is 31.2 Å². The van der Waals surface area contributed by atoms with Gasteiger partial charge in [0.25, 0.3) is 0 Å². The minimum absolute atomic E-state index is 0.362. The van der Waals surface area contributed by atoms with Crippen LogP contribution >= 0.6 is 11.8 Å². The number of anilines is 2. The summed E-state index contributed by atoms with van der Waals surface area (Å²) in [5.74, 6) is 1.02. The van der Waals surface area contributed by atoms with Crippen LogP contribution in [0.2, 0.25) is 0 Å². The van der Waals surface area contributed by atoms with Gasteiger partial charge in [-0.1, -0.05) is 47.3 Å². The van der Waals surface area contributed by atoms with E-state index in [2.05, 4.69) is 15.8 Å². The van der Waals surface area contributed by atoms with Gasteiger partial charge in [0.2, 0.25) is 0 Å². The minimum atomic E-state index is -0.362. The molecular formula is C17H15N3O2S. The molecule has 5 nitrogen and oxygen atoms in total. The first kappa shape index (κ1) is 15.2. The molecule has 0 saturated heterocycles. The average molecular weight is 325 g/mol. The SMILES string of the molecule is Cc1cc(NC(=O)Nc2ccccc2Sc2ccccc2)no1. The number of hydrogen-bond acceptors (Lipinski definition) is 4. The molecule has 0 saturated carbocycles. The van der Waals surface area contributed by atoms with Crippen molar-refractivity contribution in [1.29, 1.82) is 0 Å². The Labute approximate surface area is 138 Å². The Morgan fingerprint density at radius 3 is 2.52 bits per heavy atom. The van der Waals surface area contributed by atoms with Gasteiger partial charge in [0, 0.05) is 15.9 Å². The van der Waals surface area contributed by atoms with Gasteiger partial charge in [-0.15, -0.1) is 0 Å². The molecule has 0 atom stereocenters. The van der Waals surface area contributed by atoms with Crippen LogP contribution in [0.5, 0.6) is 0 Å². The lowest BCUT2D eigenvalue weighted by atomic mass is 10.3. The minimum Gasteiger partial charge on any atom is -0.360 e. The monoisotopic (exact) mass is 325 g/mol. The lowest BCUT2D eigenvalue weighted by molar-refractivity contribution is 0.262. The molecule has 3 aromatic rings. The fourth-order valence-electron chi connectivity index (χ4n) is 1.97. The van der Waals surface area contributed by atoms with E-state index in [-0.39, 0.29) is 6.03 Å². The van der Waals surface area contributed by atoms with E-state index in [1.54, 1.807) is 24.8 Å². The molecule has 0 radical (unpaired) electrons. The number of nitrogens with zero attached hydrogens (tertiary/aromatic N) is 1. The van der Waals surface area contributed by atoms with Gasteiger partial charge < -0.3 is 9.84 Å². The van der Waals surface area contributed by atoms with Crippen LogP contribution < -0.4 is 10.6 Å². The number of nitrogens with one attached hydrogen (secondary N) is 2. The highest BCUT2D eigenvalue weighted by atomic mass is 32.2. The normalized spacial score (nSPS) is 10.3. The fraction of sp³-hybridized carbons (Fsp3) is 0.0588. The molecule has 0 aliphatic heterocycles. The summed E-state index contributed by atoms with van der Waals surface area (Å²) in [5, 5.41) is 9.21. The van der Waals surface area contributed by atoms with Crippen molar-refractivity contribution in [2.75, 3.05) is 10.6 Å². The zero-order chi connectivity index (χ0) is 16.1. The van der Waals surface area contributed by atoms with E-state index in [9.17, 15) is 4.79 Å². The van der Waals surface area contributed by atoms with Crippen molar-refractivity contribution in [3.8, 4) is 0 Å². The lowest BCUT2D eigenvalue weighted by Gasteiger charge is -2.10. The summed E-state index contributed by atoms with van der Waals surface area (Å²) >= 11 is 1.59. The number of urea groups is 1. The molecule has 0 bridgehead atoms. The standard InChI is InChI=1S/C17H15N3O2S/c1-12-11-16(20-22-12)19-17(21)18-14-9-5-6-10-15(14)23-13-7-3-2-4-8-13/h2-11H,1H3,(H2,18,19,20,21). The first-order chi connectivity index (χ1) is 11.2. The zero-order valence-corrected chi connectivity index (χ0v) is 13.3. The van der Waals surface area contributed by atoms with Crippen molar-refractivity contribution in [3.63, 3.8) is 0 Å². The predicted octanol–water partition coefficient (Wildman–Crippen LogP) is 4.78. The van der Waals surface area contributed by atoms with Crippen molar-refractivity contribution in [3.05, 3.63) is 66.4 Å². The summed E-state index contributed by atoms with van der Waals surface area (Å²) in [6.07, 6.45) is 0. The maximum absolute atomic E-state index is 12.1. The van der Waals surface area contributed by atoms with Crippen molar-refractivity contribution in [2.24, 2.45) is 0 Å². The summed E-state index contributed by atoms with van der Waals surface area (Å²) in [5.41, 5.74) is 0.735. The molecule has 116 valence electrons. The number of rotatable bonds is 4. The number of hydrogen-bond donors (Lipinski definition) is 2. The van der Waals surface area contributed by atoms with Crippen molar-refractivity contribution < 1.29 is 9.32 Å². The van der Waals surface area contributed by atoms with Crippen LogP contribution in [0.3, 0.4) is 0 Å². The summed E-state index contributed by atoms with van der Waals surface area (Å²) in [6, 6.07) is 18.9. The first-order valence-electron chi connectivity index (χ1n) is 7.04. The summed E-state index contributed by atoms with van der Waals surface area (Å²) in [4.78, 5) is 14.2. The van der Waals surface area contributed by atoms with E-state index in [4.69, 9.17) is 4.52 Å². The van der Waals surface area contributed by atoms with Crippen molar-refractivity contribution >= 4 is 29.3 Å². The Morgan fingerprint density at radius 1 is 1.04 bits per heavy atom. The van der Waals surface area contributed by atoms with Crippen LogP contribution in [0, 0.1) is 6.92 Å². The molecule has 0 aliphatic rings. The van der Waals surface area contributed by atoms with Gasteiger partial charge in [-0.25, -0.2) is 4.79 Å². The molecule has 0 spiro atoms. The lowest BCUT2D eigenvalue weighted by Crippen LogP contribution is -2.19. The summed E-state index contributed by atoms with van der Waals surface area (Å²) in [7, 11) is 0. The van der Waals surface area contributed by atoms with Gasteiger partial charge in [-0.2, -0.15) is 0 Å². The maximum Gasteiger partial charge on any atom is 0.324 e. The van der Waals surface area contributed by atoms with Gasteiger partial charge in [-0.3, -0.25) is 5.32 Å². The van der Waals surface area contributed by atoms with Gasteiger partial charge in [0.15, 0.2) is 5.82 Å². The number of carbonyl (C=O) groups is 1. The number of amides is 2. The van der Waals surface area contributed by atoms with E-state index in [0.717, 1.165) is 15.5 Å². The molecule has 0 fully saturated rings. The molecule has 2 N–H and O–H groups in total. The van der Waals surface area contributed by atoms with Gasteiger partial charge in [0.1, 0.15) is 5.76 Å². The highest BCUT2D eigenvalue weighted by Gasteiger charge is 2.09.